The second kappa shape index (κ2) is 7.40. The largest absolute Gasteiger partial charge is 0.489 e. The molecule has 0 aliphatic heterocycles. The van der Waals surface area contributed by atoms with E-state index in [0.29, 0.717) is 12.4 Å². The van der Waals surface area contributed by atoms with Gasteiger partial charge < -0.3 is 10.5 Å². The van der Waals surface area contributed by atoms with E-state index in [1.165, 1.54) is 18.3 Å². The molecule has 0 radical (unpaired) electrons. The Balaban J connectivity index is 2.13. The normalized spacial score (nSPS) is 10.7. The minimum Gasteiger partial charge on any atom is -0.489 e. The number of hydrazone groups is 1. The molecule has 0 saturated heterocycles. The van der Waals surface area contributed by atoms with Crippen molar-refractivity contribution in [3.63, 3.8) is 0 Å². The van der Waals surface area contributed by atoms with Crippen LogP contribution in [0.5, 0.6) is 5.75 Å². The van der Waals surface area contributed by atoms with Crippen LogP contribution >= 0.6 is 0 Å². The summed E-state index contributed by atoms with van der Waals surface area (Å²) >= 11 is 0. The number of amides is 2. The van der Waals surface area contributed by atoms with Crippen LogP contribution in [0.1, 0.15) is 22.3 Å². The lowest BCUT2D eigenvalue weighted by atomic mass is 10.0. The highest BCUT2D eigenvalue weighted by Gasteiger charge is 2.05. The number of ether oxygens (including phenoxy) is 1. The van der Waals surface area contributed by atoms with E-state index in [0.717, 1.165) is 22.3 Å². The molecular weight excluding hydrogens is 297 g/mol. The molecule has 2 aromatic carbocycles. The molecule has 3 N–H and O–H groups in total. The van der Waals surface area contributed by atoms with Crippen molar-refractivity contribution >= 4 is 12.2 Å². The fourth-order valence-electron chi connectivity index (χ4n) is 2.07. The van der Waals surface area contributed by atoms with Crippen molar-refractivity contribution in [3.8, 4) is 5.75 Å². The van der Waals surface area contributed by atoms with Gasteiger partial charge in [-0.1, -0.05) is 6.07 Å². The maximum Gasteiger partial charge on any atom is 0.332 e. The van der Waals surface area contributed by atoms with Gasteiger partial charge in [0.25, 0.3) is 0 Å². The lowest BCUT2D eigenvalue weighted by molar-refractivity contribution is 0.249. The maximum absolute atomic E-state index is 12.9. The summed E-state index contributed by atoms with van der Waals surface area (Å²) in [5, 5.41) is 3.77. The zero-order chi connectivity index (χ0) is 16.8. The van der Waals surface area contributed by atoms with E-state index in [1.54, 1.807) is 12.1 Å². The van der Waals surface area contributed by atoms with E-state index in [1.807, 2.05) is 26.0 Å². The molecule has 0 saturated carbocycles. The van der Waals surface area contributed by atoms with Crippen molar-refractivity contribution in [1.29, 1.82) is 0 Å². The summed E-state index contributed by atoms with van der Waals surface area (Å²) < 4.78 is 18.5. The van der Waals surface area contributed by atoms with Crippen LogP contribution in [-0.2, 0) is 6.61 Å². The highest BCUT2D eigenvalue weighted by atomic mass is 19.1. The summed E-state index contributed by atoms with van der Waals surface area (Å²) in [5.74, 6) is 0.293. The molecule has 2 rings (SSSR count). The van der Waals surface area contributed by atoms with E-state index in [4.69, 9.17) is 10.5 Å². The number of benzene rings is 2. The molecule has 6 heteroatoms. The highest BCUT2D eigenvalue weighted by Crippen LogP contribution is 2.18. The maximum atomic E-state index is 12.9. The molecule has 0 fully saturated rings. The first kappa shape index (κ1) is 16.5. The van der Waals surface area contributed by atoms with Gasteiger partial charge in [0.15, 0.2) is 0 Å². The number of primary amides is 1. The molecule has 120 valence electrons. The summed E-state index contributed by atoms with van der Waals surface area (Å²) in [5.41, 5.74) is 11.0. The molecule has 0 spiro atoms. The molecule has 23 heavy (non-hydrogen) atoms. The second-order valence-corrected chi connectivity index (χ2v) is 5.11. The van der Waals surface area contributed by atoms with Gasteiger partial charge in [0.1, 0.15) is 18.2 Å². The van der Waals surface area contributed by atoms with Gasteiger partial charge in [0.05, 0.1) is 6.21 Å². The molecule has 0 aliphatic carbocycles. The van der Waals surface area contributed by atoms with E-state index in [9.17, 15) is 9.18 Å². The Morgan fingerprint density at radius 2 is 1.96 bits per heavy atom. The topological polar surface area (TPSA) is 76.7 Å². The summed E-state index contributed by atoms with van der Waals surface area (Å²) in [6, 6.07) is 9.09. The van der Waals surface area contributed by atoms with Crippen molar-refractivity contribution in [2.24, 2.45) is 10.8 Å². The minimum absolute atomic E-state index is 0.302. The van der Waals surface area contributed by atoms with Crippen molar-refractivity contribution < 1.29 is 13.9 Å². The van der Waals surface area contributed by atoms with Gasteiger partial charge in [-0.2, -0.15) is 5.10 Å². The monoisotopic (exact) mass is 315 g/mol. The summed E-state index contributed by atoms with van der Waals surface area (Å²) in [6.45, 7) is 4.28. The fraction of sp³-hybridized carbons (Fsp3) is 0.176. The van der Waals surface area contributed by atoms with E-state index >= 15 is 0 Å². The van der Waals surface area contributed by atoms with Gasteiger partial charge >= 0.3 is 6.03 Å². The number of halogens is 1. The van der Waals surface area contributed by atoms with Crippen molar-refractivity contribution in [3.05, 3.63) is 64.5 Å². The van der Waals surface area contributed by atoms with E-state index in [-0.39, 0.29) is 5.82 Å². The van der Waals surface area contributed by atoms with Crippen LogP contribution in [0.3, 0.4) is 0 Å². The first-order chi connectivity index (χ1) is 11.0. The van der Waals surface area contributed by atoms with Crippen molar-refractivity contribution in [1.82, 2.24) is 5.43 Å². The van der Waals surface area contributed by atoms with E-state index < -0.39 is 6.03 Å². The van der Waals surface area contributed by atoms with E-state index in [2.05, 4.69) is 10.5 Å². The Kier molecular flexibility index (Phi) is 5.30. The third-order valence-electron chi connectivity index (χ3n) is 3.31. The predicted molar refractivity (Wildman–Crippen MR) is 87.0 cm³/mol. The number of hydrogen-bond acceptors (Lipinski definition) is 3. The van der Waals surface area contributed by atoms with Crippen LogP contribution in [0, 0.1) is 19.7 Å². The lowest BCUT2D eigenvalue weighted by Crippen LogP contribution is -2.24. The summed E-state index contributed by atoms with van der Waals surface area (Å²) in [6.07, 6.45) is 1.53. The zero-order valence-corrected chi connectivity index (χ0v) is 13.0. The summed E-state index contributed by atoms with van der Waals surface area (Å²) in [4.78, 5) is 10.6. The standard InChI is InChI=1S/C17H18FN3O2/c1-11-7-12(2)14(8-13(11)9-20-21-17(19)22)10-23-16-5-3-15(18)4-6-16/h3-9H,10H2,1-2H3,(H3,19,21,22)/b20-9-. The molecule has 2 aromatic rings. The number of nitrogens with two attached hydrogens (primary N) is 1. The molecule has 2 amide bonds. The molecule has 5 nitrogen and oxygen atoms in total. The molecule has 0 unspecified atom stereocenters. The quantitative estimate of drug-likeness (QED) is 0.657. The van der Waals surface area contributed by atoms with Crippen LogP contribution in [-0.4, -0.2) is 12.2 Å². The highest BCUT2D eigenvalue weighted by molar-refractivity contribution is 5.83. The number of urea groups is 1. The number of nitrogens with one attached hydrogen (secondary N) is 1. The molecule has 0 atom stereocenters. The average molecular weight is 315 g/mol. The smallest absolute Gasteiger partial charge is 0.332 e. The van der Waals surface area contributed by atoms with Gasteiger partial charge in [0, 0.05) is 0 Å². The second-order valence-electron chi connectivity index (χ2n) is 5.11. The number of aryl methyl sites for hydroxylation is 2. The molecular formula is C17H18FN3O2. The van der Waals surface area contributed by atoms with Gasteiger partial charge in [-0.05, 0) is 66.4 Å². The first-order valence-electron chi connectivity index (χ1n) is 7.02. The van der Waals surface area contributed by atoms with Gasteiger partial charge in [-0.15, -0.1) is 0 Å². The number of carbonyl (C=O) groups excluding carboxylic acids is 1. The first-order valence-corrected chi connectivity index (χ1v) is 7.02. The molecule has 0 aromatic heterocycles. The Hall–Kier alpha value is -2.89. The van der Waals surface area contributed by atoms with Gasteiger partial charge in [-0.25, -0.2) is 14.6 Å². The fourth-order valence-corrected chi connectivity index (χ4v) is 2.07. The van der Waals surface area contributed by atoms with Crippen LogP contribution in [0.15, 0.2) is 41.5 Å². The van der Waals surface area contributed by atoms with Crippen LogP contribution in [0.25, 0.3) is 0 Å². The SMILES string of the molecule is Cc1cc(C)c(COc2ccc(F)cc2)cc1/C=N\NC(N)=O. The van der Waals surface area contributed by atoms with Crippen molar-refractivity contribution in [2.45, 2.75) is 20.5 Å². The Labute approximate surface area is 134 Å². The Morgan fingerprint density at radius 1 is 1.26 bits per heavy atom. The molecule has 0 aliphatic rings. The Morgan fingerprint density at radius 3 is 2.61 bits per heavy atom. The minimum atomic E-state index is -0.717. The van der Waals surface area contributed by atoms with Crippen LogP contribution in [0.4, 0.5) is 9.18 Å². The number of rotatable bonds is 5. The van der Waals surface area contributed by atoms with Crippen LogP contribution < -0.4 is 15.9 Å². The van der Waals surface area contributed by atoms with Gasteiger partial charge in [0.2, 0.25) is 0 Å². The van der Waals surface area contributed by atoms with Gasteiger partial charge in [-0.3, -0.25) is 0 Å². The van der Waals surface area contributed by atoms with Crippen LogP contribution in [0.2, 0.25) is 0 Å². The lowest BCUT2D eigenvalue weighted by Gasteiger charge is -2.11. The van der Waals surface area contributed by atoms with Crippen molar-refractivity contribution in [2.75, 3.05) is 0 Å². The number of carbonyl (C=O) groups is 1. The summed E-state index contributed by atoms with van der Waals surface area (Å²) in [7, 11) is 0. The zero-order valence-electron chi connectivity index (χ0n) is 13.0. The predicted octanol–water partition coefficient (Wildman–Crippen LogP) is 3.02. The number of nitrogens with zero attached hydrogens (tertiary/aromatic N) is 1. The third kappa shape index (κ3) is 4.81. The average Bonchev–Trinajstić information content (AvgIpc) is 2.49. The molecule has 0 heterocycles. The number of hydrogen-bond donors (Lipinski definition) is 2. The molecule has 0 bridgehead atoms. The Bertz CT molecular complexity index is 727. The third-order valence-corrected chi connectivity index (χ3v) is 3.31.